The zero-order valence-electron chi connectivity index (χ0n) is 10.4. The van der Waals surface area contributed by atoms with Crippen LogP contribution in [-0.4, -0.2) is 43.0 Å². The van der Waals surface area contributed by atoms with Crippen LogP contribution in [0.5, 0.6) is 0 Å². The Hall–Kier alpha value is -0.610. The molecule has 0 heterocycles. The average Bonchev–Trinajstić information content (AvgIpc) is 2.22. The molecule has 0 spiro atoms. The highest BCUT2D eigenvalue weighted by atomic mass is 16.2. The van der Waals surface area contributed by atoms with Crippen molar-refractivity contribution in [3.05, 3.63) is 0 Å². The van der Waals surface area contributed by atoms with Crippen molar-refractivity contribution >= 4 is 5.91 Å². The Labute approximate surface area is 93.2 Å². The Bertz CT molecular complexity index is 179. The molecule has 0 bridgehead atoms. The third-order valence-corrected chi connectivity index (χ3v) is 2.64. The smallest absolute Gasteiger partial charge is 0.237 e. The summed E-state index contributed by atoms with van der Waals surface area (Å²) in [6, 6.07) is -0.387. The number of amides is 1. The molecule has 90 valence electrons. The maximum Gasteiger partial charge on any atom is 0.237 e. The fraction of sp³-hybridized carbons (Fsp3) is 0.909. The van der Waals surface area contributed by atoms with Crippen LogP contribution in [0.2, 0.25) is 0 Å². The van der Waals surface area contributed by atoms with E-state index in [1.54, 1.807) is 0 Å². The van der Waals surface area contributed by atoms with E-state index in [-0.39, 0.29) is 17.9 Å². The lowest BCUT2D eigenvalue weighted by Crippen LogP contribution is -2.46. The van der Waals surface area contributed by atoms with Crippen LogP contribution in [0.25, 0.3) is 0 Å². The highest BCUT2D eigenvalue weighted by Gasteiger charge is 2.16. The van der Waals surface area contributed by atoms with E-state index < -0.39 is 0 Å². The SMILES string of the molecule is CCN(CC)CCNC(=O)[C@H](N)C(C)C. The van der Waals surface area contributed by atoms with Gasteiger partial charge in [0.25, 0.3) is 0 Å². The molecular formula is C11H25N3O. The minimum atomic E-state index is -0.387. The molecule has 0 aliphatic rings. The van der Waals surface area contributed by atoms with Crippen LogP contribution >= 0.6 is 0 Å². The van der Waals surface area contributed by atoms with Gasteiger partial charge in [0.05, 0.1) is 6.04 Å². The fourth-order valence-electron chi connectivity index (χ4n) is 1.30. The molecule has 15 heavy (non-hydrogen) atoms. The van der Waals surface area contributed by atoms with Crippen molar-refractivity contribution in [1.82, 2.24) is 10.2 Å². The number of nitrogens with one attached hydrogen (secondary N) is 1. The molecular weight excluding hydrogens is 190 g/mol. The summed E-state index contributed by atoms with van der Waals surface area (Å²) < 4.78 is 0. The molecule has 4 heteroatoms. The first-order chi connectivity index (χ1) is 7.02. The van der Waals surface area contributed by atoms with Gasteiger partial charge in [-0.3, -0.25) is 4.79 Å². The summed E-state index contributed by atoms with van der Waals surface area (Å²) in [5.41, 5.74) is 5.72. The summed E-state index contributed by atoms with van der Waals surface area (Å²) in [6.07, 6.45) is 0. The van der Waals surface area contributed by atoms with Crippen molar-refractivity contribution < 1.29 is 4.79 Å². The van der Waals surface area contributed by atoms with Crippen LogP contribution < -0.4 is 11.1 Å². The van der Waals surface area contributed by atoms with E-state index in [4.69, 9.17) is 5.73 Å². The number of carbonyl (C=O) groups is 1. The van der Waals surface area contributed by atoms with Crippen molar-refractivity contribution in [2.75, 3.05) is 26.2 Å². The van der Waals surface area contributed by atoms with E-state index in [1.807, 2.05) is 13.8 Å². The van der Waals surface area contributed by atoms with Gasteiger partial charge in [-0.15, -0.1) is 0 Å². The number of hydrogen-bond donors (Lipinski definition) is 2. The minimum absolute atomic E-state index is 0.0443. The molecule has 1 atom stereocenters. The van der Waals surface area contributed by atoms with Gasteiger partial charge in [-0.1, -0.05) is 27.7 Å². The van der Waals surface area contributed by atoms with Crippen LogP contribution in [0.1, 0.15) is 27.7 Å². The van der Waals surface area contributed by atoms with Crippen molar-refractivity contribution in [2.24, 2.45) is 11.7 Å². The van der Waals surface area contributed by atoms with E-state index in [0.717, 1.165) is 19.6 Å². The highest BCUT2D eigenvalue weighted by molar-refractivity contribution is 5.81. The first-order valence-corrected chi connectivity index (χ1v) is 5.78. The molecule has 0 aliphatic carbocycles. The largest absolute Gasteiger partial charge is 0.353 e. The van der Waals surface area contributed by atoms with Gasteiger partial charge in [0.1, 0.15) is 0 Å². The summed E-state index contributed by atoms with van der Waals surface area (Å²) in [5.74, 6) is 0.149. The minimum Gasteiger partial charge on any atom is -0.353 e. The molecule has 3 N–H and O–H groups in total. The van der Waals surface area contributed by atoms with Crippen molar-refractivity contribution in [3.8, 4) is 0 Å². The van der Waals surface area contributed by atoms with Crippen LogP contribution in [0.4, 0.5) is 0 Å². The lowest BCUT2D eigenvalue weighted by molar-refractivity contribution is -0.123. The normalized spacial score (nSPS) is 13.3. The molecule has 0 aromatic heterocycles. The summed E-state index contributed by atoms with van der Waals surface area (Å²) in [4.78, 5) is 13.8. The second-order valence-corrected chi connectivity index (χ2v) is 4.09. The lowest BCUT2D eigenvalue weighted by atomic mass is 10.1. The third kappa shape index (κ3) is 5.74. The Morgan fingerprint density at radius 1 is 1.33 bits per heavy atom. The van der Waals surface area contributed by atoms with Gasteiger partial charge < -0.3 is 16.0 Å². The predicted molar refractivity (Wildman–Crippen MR) is 63.6 cm³/mol. The second-order valence-electron chi connectivity index (χ2n) is 4.09. The summed E-state index contributed by atoms with van der Waals surface area (Å²) in [6.45, 7) is 11.7. The van der Waals surface area contributed by atoms with Gasteiger partial charge >= 0.3 is 0 Å². The molecule has 1 amide bonds. The number of rotatable bonds is 7. The van der Waals surface area contributed by atoms with Gasteiger partial charge in [-0.05, 0) is 19.0 Å². The first kappa shape index (κ1) is 14.4. The summed E-state index contributed by atoms with van der Waals surface area (Å²) >= 11 is 0. The average molecular weight is 215 g/mol. The number of nitrogens with two attached hydrogens (primary N) is 1. The molecule has 0 saturated heterocycles. The molecule has 0 saturated carbocycles. The van der Waals surface area contributed by atoms with Crippen LogP contribution in [-0.2, 0) is 4.79 Å². The van der Waals surface area contributed by atoms with Gasteiger partial charge in [0.15, 0.2) is 0 Å². The Balaban J connectivity index is 3.72. The zero-order chi connectivity index (χ0) is 11.8. The number of carbonyl (C=O) groups excluding carboxylic acids is 1. The van der Waals surface area contributed by atoms with Gasteiger partial charge in [0.2, 0.25) is 5.91 Å². The Morgan fingerprint density at radius 3 is 2.27 bits per heavy atom. The third-order valence-electron chi connectivity index (χ3n) is 2.64. The zero-order valence-corrected chi connectivity index (χ0v) is 10.4. The molecule has 0 unspecified atom stereocenters. The van der Waals surface area contributed by atoms with E-state index in [2.05, 4.69) is 24.1 Å². The Kier molecular flexibility index (Phi) is 7.34. The number of nitrogens with zero attached hydrogens (tertiary/aromatic N) is 1. The van der Waals surface area contributed by atoms with Crippen molar-refractivity contribution in [1.29, 1.82) is 0 Å². The van der Waals surface area contributed by atoms with Gasteiger partial charge in [-0.25, -0.2) is 0 Å². The van der Waals surface area contributed by atoms with E-state index in [9.17, 15) is 4.79 Å². The Morgan fingerprint density at radius 2 is 1.87 bits per heavy atom. The monoisotopic (exact) mass is 215 g/mol. The molecule has 0 rings (SSSR count). The molecule has 0 fully saturated rings. The van der Waals surface area contributed by atoms with E-state index in [0.29, 0.717) is 6.54 Å². The first-order valence-electron chi connectivity index (χ1n) is 5.78. The number of hydrogen-bond acceptors (Lipinski definition) is 3. The highest BCUT2D eigenvalue weighted by Crippen LogP contribution is 1.97. The maximum absolute atomic E-state index is 11.5. The summed E-state index contributed by atoms with van der Waals surface area (Å²) in [5, 5.41) is 2.86. The molecule has 4 nitrogen and oxygen atoms in total. The van der Waals surface area contributed by atoms with Gasteiger partial charge in [-0.2, -0.15) is 0 Å². The predicted octanol–water partition coefficient (Wildman–Crippen LogP) is 0.428. The number of likely N-dealkylation sites (N-methyl/N-ethyl adjacent to an activating group) is 1. The van der Waals surface area contributed by atoms with Crippen molar-refractivity contribution in [3.63, 3.8) is 0 Å². The summed E-state index contributed by atoms with van der Waals surface area (Å²) in [7, 11) is 0. The fourth-order valence-corrected chi connectivity index (χ4v) is 1.30. The van der Waals surface area contributed by atoms with E-state index >= 15 is 0 Å². The van der Waals surface area contributed by atoms with Crippen LogP contribution in [0.15, 0.2) is 0 Å². The second kappa shape index (κ2) is 7.65. The quantitative estimate of drug-likeness (QED) is 0.647. The topological polar surface area (TPSA) is 58.4 Å². The molecule has 0 aliphatic heterocycles. The lowest BCUT2D eigenvalue weighted by Gasteiger charge is -2.20. The molecule has 0 radical (unpaired) electrons. The van der Waals surface area contributed by atoms with Crippen molar-refractivity contribution in [2.45, 2.75) is 33.7 Å². The maximum atomic E-state index is 11.5. The van der Waals surface area contributed by atoms with Crippen LogP contribution in [0, 0.1) is 5.92 Å². The van der Waals surface area contributed by atoms with Crippen LogP contribution in [0.3, 0.4) is 0 Å². The molecule has 0 aromatic rings. The molecule has 0 aromatic carbocycles. The van der Waals surface area contributed by atoms with Gasteiger partial charge in [0, 0.05) is 13.1 Å². The van der Waals surface area contributed by atoms with E-state index in [1.165, 1.54) is 0 Å². The standard InChI is InChI=1S/C11H25N3O/c1-5-14(6-2)8-7-13-11(15)10(12)9(3)4/h9-10H,5-8,12H2,1-4H3,(H,13,15)/t10-/m1/s1.